The van der Waals surface area contributed by atoms with Gasteiger partial charge in [-0.25, -0.2) is 8.42 Å². The van der Waals surface area contributed by atoms with Crippen molar-refractivity contribution >= 4 is 21.6 Å². The molecule has 0 aromatic heterocycles. The highest BCUT2D eigenvalue weighted by Crippen LogP contribution is 2.19. The number of hydrogen-bond acceptors (Lipinski definition) is 4. The monoisotopic (exact) mass is 376 g/mol. The predicted molar refractivity (Wildman–Crippen MR) is 102 cm³/mol. The van der Waals surface area contributed by atoms with Gasteiger partial charge in [-0.05, 0) is 68.3 Å². The van der Waals surface area contributed by atoms with E-state index in [9.17, 15) is 13.2 Å². The summed E-state index contributed by atoms with van der Waals surface area (Å²) in [6.45, 7) is 5.95. The molecule has 2 aromatic rings. The van der Waals surface area contributed by atoms with Gasteiger partial charge in [0.05, 0.1) is 18.0 Å². The van der Waals surface area contributed by atoms with Crippen molar-refractivity contribution in [3.05, 3.63) is 53.6 Å². The van der Waals surface area contributed by atoms with Crippen LogP contribution in [0.25, 0.3) is 0 Å². The van der Waals surface area contributed by atoms with Gasteiger partial charge in [0.15, 0.2) is 0 Å². The van der Waals surface area contributed by atoms with Crippen LogP contribution in [-0.2, 0) is 14.8 Å². The zero-order valence-corrected chi connectivity index (χ0v) is 16.3. The maximum absolute atomic E-state index is 12.6. The lowest BCUT2D eigenvalue weighted by Crippen LogP contribution is -2.35. The van der Waals surface area contributed by atoms with Crippen LogP contribution in [0.3, 0.4) is 0 Å². The van der Waals surface area contributed by atoms with Crippen molar-refractivity contribution in [3.8, 4) is 5.75 Å². The van der Waals surface area contributed by atoms with E-state index in [0.29, 0.717) is 18.0 Å². The van der Waals surface area contributed by atoms with E-state index in [2.05, 4.69) is 5.32 Å². The molecule has 0 unspecified atom stereocenters. The molecule has 0 saturated carbocycles. The SMILES string of the molecule is CCOc1ccc(NC(=O)CN(C)S(=O)(=O)c2ccc(C)c(C)c2)cc1. The molecule has 0 heterocycles. The van der Waals surface area contributed by atoms with Gasteiger partial charge in [-0.15, -0.1) is 0 Å². The molecule has 2 aromatic carbocycles. The van der Waals surface area contributed by atoms with Crippen LogP contribution in [0.2, 0.25) is 0 Å². The van der Waals surface area contributed by atoms with Crippen molar-refractivity contribution < 1.29 is 17.9 Å². The molecular weight excluding hydrogens is 352 g/mol. The predicted octanol–water partition coefficient (Wildman–Crippen LogP) is 2.96. The van der Waals surface area contributed by atoms with E-state index < -0.39 is 15.9 Å². The van der Waals surface area contributed by atoms with Crippen molar-refractivity contribution in [1.82, 2.24) is 4.31 Å². The molecule has 0 aliphatic rings. The van der Waals surface area contributed by atoms with Crippen LogP contribution in [0.15, 0.2) is 47.4 Å². The van der Waals surface area contributed by atoms with Crippen molar-refractivity contribution in [3.63, 3.8) is 0 Å². The van der Waals surface area contributed by atoms with Gasteiger partial charge in [0.25, 0.3) is 0 Å². The summed E-state index contributed by atoms with van der Waals surface area (Å²) < 4.78 is 31.6. The number of nitrogens with one attached hydrogen (secondary N) is 1. The van der Waals surface area contributed by atoms with Crippen LogP contribution in [-0.4, -0.2) is 38.8 Å². The first kappa shape index (κ1) is 19.9. The van der Waals surface area contributed by atoms with Crippen LogP contribution in [0.4, 0.5) is 5.69 Å². The number of hydrogen-bond donors (Lipinski definition) is 1. The fourth-order valence-corrected chi connectivity index (χ4v) is 3.56. The Hall–Kier alpha value is -2.38. The van der Waals surface area contributed by atoms with Crippen LogP contribution in [0.1, 0.15) is 18.1 Å². The number of benzene rings is 2. The number of sulfonamides is 1. The van der Waals surface area contributed by atoms with Crippen molar-refractivity contribution in [1.29, 1.82) is 0 Å². The number of rotatable bonds is 7. The summed E-state index contributed by atoms with van der Waals surface area (Å²) in [6.07, 6.45) is 0. The molecule has 26 heavy (non-hydrogen) atoms. The molecule has 1 N–H and O–H groups in total. The van der Waals surface area contributed by atoms with Gasteiger partial charge in [-0.1, -0.05) is 6.07 Å². The number of anilines is 1. The lowest BCUT2D eigenvalue weighted by molar-refractivity contribution is -0.116. The van der Waals surface area contributed by atoms with E-state index in [1.54, 1.807) is 42.5 Å². The first-order valence-electron chi connectivity index (χ1n) is 8.30. The second-order valence-corrected chi connectivity index (χ2v) is 8.06. The van der Waals surface area contributed by atoms with Crippen LogP contribution in [0.5, 0.6) is 5.75 Å². The highest BCUT2D eigenvalue weighted by atomic mass is 32.2. The third-order valence-electron chi connectivity index (χ3n) is 4.00. The Kier molecular flexibility index (Phi) is 6.39. The van der Waals surface area contributed by atoms with Gasteiger partial charge in [-0.3, -0.25) is 4.79 Å². The average molecular weight is 376 g/mol. The molecule has 2 rings (SSSR count). The molecule has 140 valence electrons. The second kappa shape index (κ2) is 8.33. The van der Waals surface area contributed by atoms with Crippen molar-refractivity contribution in [2.75, 3.05) is 25.5 Å². The van der Waals surface area contributed by atoms with E-state index in [1.807, 2.05) is 20.8 Å². The van der Waals surface area contributed by atoms with Gasteiger partial charge in [-0.2, -0.15) is 4.31 Å². The molecule has 0 saturated heterocycles. The molecule has 0 atom stereocenters. The maximum Gasteiger partial charge on any atom is 0.243 e. The molecule has 0 aliphatic carbocycles. The number of ether oxygens (including phenoxy) is 1. The number of aryl methyl sites for hydroxylation is 2. The van der Waals surface area contributed by atoms with E-state index in [0.717, 1.165) is 15.4 Å². The van der Waals surface area contributed by atoms with Gasteiger partial charge < -0.3 is 10.1 Å². The van der Waals surface area contributed by atoms with Gasteiger partial charge in [0, 0.05) is 12.7 Å². The molecule has 0 fully saturated rings. The van der Waals surface area contributed by atoms with E-state index in [4.69, 9.17) is 4.74 Å². The largest absolute Gasteiger partial charge is 0.494 e. The molecule has 0 aliphatic heterocycles. The minimum atomic E-state index is -3.73. The summed E-state index contributed by atoms with van der Waals surface area (Å²) in [7, 11) is -2.34. The summed E-state index contributed by atoms with van der Waals surface area (Å²) in [5.41, 5.74) is 2.48. The third kappa shape index (κ3) is 4.83. The molecule has 0 radical (unpaired) electrons. The molecule has 6 nitrogen and oxygen atoms in total. The second-order valence-electron chi connectivity index (χ2n) is 6.01. The topological polar surface area (TPSA) is 75.7 Å². The van der Waals surface area contributed by atoms with E-state index >= 15 is 0 Å². The molecule has 0 spiro atoms. The summed E-state index contributed by atoms with van der Waals surface area (Å²) in [5.74, 6) is 0.295. The average Bonchev–Trinajstić information content (AvgIpc) is 2.59. The van der Waals surface area contributed by atoms with Crippen LogP contribution >= 0.6 is 0 Å². The Bertz CT molecular complexity index is 877. The summed E-state index contributed by atoms with van der Waals surface area (Å²) in [5, 5.41) is 2.69. The Morgan fingerprint density at radius 3 is 2.31 bits per heavy atom. The quantitative estimate of drug-likeness (QED) is 0.806. The molecular formula is C19H24N2O4S. The van der Waals surface area contributed by atoms with Crippen molar-refractivity contribution in [2.45, 2.75) is 25.7 Å². The van der Waals surface area contributed by atoms with Gasteiger partial charge in [0.1, 0.15) is 5.75 Å². The number of nitrogens with zero attached hydrogens (tertiary/aromatic N) is 1. The fraction of sp³-hybridized carbons (Fsp3) is 0.316. The highest BCUT2D eigenvalue weighted by molar-refractivity contribution is 7.89. The minimum absolute atomic E-state index is 0.178. The summed E-state index contributed by atoms with van der Waals surface area (Å²) in [6, 6.07) is 11.8. The molecule has 1 amide bonds. The molecule has 7 heteroatoms. The maximum atomic E-state index is 12.6. The first-order chi connectivity index (χ1) is 12.2. The number of carbonyl (C=O) groups is 1. The van der Waals surface area contributed by atoms with Crippen LogP contribution < -0.4 is 10.1 Å². The standard InChI is InChI=1S/C19H24N2O4S/c1-5-25-17-9-7-16(8-10-17)20-19(22)13-21(4)26(23,24)18-11-6-14(2)15(3)12-18/h6-12H,5,13H2,1-4H3,(H,20,22). The lowest BCUT2D eigenvalue weighted by atomic mass is 10.1. The number of likely N-dealkylation sites (N-methyl/N-ethyl adjacent to an activating group) is 1. The summed E-state index contributed by atoms with van der Waals surface area (Å²) >= 11 is 0. The normalized spacial score (nSPS) is 11.4. The fourth-order valence-electron chi connectivity index (χ4n) is 2.34. The number of carbonyl (C=O) groups excluding carboxylic acids is 1. The Morgan fingerprint density at radius 1 is 1.08 bits per heavy atom. The molecule has 0 bridgehead atoms. The van der Waals surface area contributed by atoms with E-state index in [-0.39, 0.29) is 11.4 Å². The lowest BCUT2D eigenvalue weighted by Gasteiger charge is -2.17. The minimum Gasteiger partial charge on any atom is -0.494 e. The smallest absolute Gasteiger partial charge is 0.243 e. The zero-order chi connectivity index (χ0) is 19.3. The Morgan fingerprint density at radius 2 is 1.73 bits per heavy atom. The Balaban J connectivity index is 2.04. The highest BCUT2D eigenvalue weighted by Gasteiger charge is 2.23. The Labute approximate surface area is 154 Å². The van der Waals surface area contributed by atoms with Gasteiger partial charge in [0.2, 0.25) is 15.9 Å². The van der Waals surface area contributed by atoms with E-state index in [1.165, 1.54) is 7.05 Å². The first-order valence-corrected chi connectivity index (χ1v) is 9.74. The number of amides is 1. The van der Waals surface area contributed by atoms with Gasteiger partial charge >= 0.3 is 0 Å². The van der Waals surface area contributed by atoms with Crippen molar-refractivity contribution in [2.24, 2.45) is 0 Å². The third-order valence-corrected chi connectivity index (χ3v) is 5.80. The van der Waals surface area contributed by atoms with Crippen LogP contribution in [0, 0.1) is 13.8 Å². The zero-order valence-electron chi connectivity index (χ0n) is 15.4. The summed E-state index contributed by atoms with van der Waals surface area (Å²) in [4.78, 5) is 12.4.